The number of allylic oxidation sites excluding steroid dienone is 1. The second-order valence-corrected chi connectivity index (χ2v) is 3.80. The van der Waals surface area contributed by atoms with Crippen molar-refractivity contribution in [1.29, 1.82) is 0 Å². The van der Waals surface area contributed by atoms with Crippen LogP contribution in [0, 0.1) is 5.92 Å². The fourth-order valence-electron chi connectivity index (χ4n) is 1.30. The van der Waals surface area contributed by atoms with E-state index in [0.717, 1.165) is 0 Å². The molecule has 0 aliphatic heterocycles. The predicted molar refractivity (Wildman–Crippen MR) is 57.1 cm³/mol. The maximum absolute atomic E-state index is 3.71. The summed E-state index contributed by atoms with van der Waals surface area (Å²) < 4.78 is 0. The highest BCUT2D eigenvalue weighted by Gasteiger charge is 1.94. The van der Waals surface area contributed by atoms with Gasteiger partial charge in [-0.05, 0) is 25.2 Å². The molecule has 0 aliphatic carbocycles. The fourth-order valence-corrected chi connectivity index (χ4v) is 1.30. The lowest BCUT2D eigenvalue weighted by atomic mass is 10.0. The summed E-state index contributed by atoms with van der Waals surface area (Å²) in [4.78, 5) is 0. The Labute approximate surface area is 78.1 Å². The van der Waals surface area contributed by atoms with Gasteiger partial charge in [0.05, 0.1) is 0 Å². The van der Waals surface area contributed by atoms with E-state index < -0.39 is 0 Å². The lowest BCUT2D eigenvalue weighted by molar-refractivity contribution is 0.602. The Morgan fingerprint density at radius 2 is 1.58 bits per heavy atom. The molecule has 0 bridgehead atoms. The Morgan fingerprint density at radius 1 is 1.00 bits per heavy atom. The molecular formula is C12H23. The highest BCUT2D eigenvalue weighted by atomic mass is 14.0. The van der Waals surface area contributed by atoms with Gasteiger partial charge < -0.3 is 0 Å². The first-order valence-electron chi connectivity index (χ1n) is 5.17. The number of hydrogen-bond acceptors (Lipinski definition) is 0. The van der Waals surface area contributed by atoms with Crippen molar-refractivity contribution in [2.45, 2.75) is 58.8 Å². The maximum atomic E-state index is 3.71. The minimum atomic E-state index is 1.19. The Hall–Kier alpha value is -0.260. The largest absolute Gasteiger partial charge is 0.103 e. The molecule has 0 heterocycles. The Morgan fingerprint density at radius 3 is 2.17 bits per heavy atom. The molecule has 0 saturated carbocycles. The molecule has 0 amide bonds. The van der Waals surface area contributed by atoms with Crippen molar-refractivity contribution in [3.05, 3.63) is 18.6 Å². The lowest BCUT2D eigenvalue weighted by Crippen LogP contribution is -1.84. The topological polar surface area (TPSA) is 0 Å². The zero-order valence-corrected chi connectivity index (χ0v) is 8.73. The Bertz CT molecular complexity index is 92.2. The fraction of sp³-hybridized carbons (Fsp3) is 0.750. The summed E-state index contributed by atoms with van der Waals surface area (Å²) in [5.41, 5.74) is 0. The van der Waals surface area contributed by atoms with E-state index in [2.05, 4.69) is 20.4 Å². The van der Waals surface area contributed by atoms with Crippen LogP contribution in [0.1, 0.15) is 58.8 Å². The molecule has 0 spiro atoms. The number of unbranched alkanes of at least 4 members (excludes halogenated alkanes) is 5. The van der Waals surface area contributed by atoms with E-state index in [1.54, 1.807) is 5.92 Å². The van der Waals surface area contributed by atoms with Crippen LogP contribution in [0.5, 0.6) is 0 Å². The molecule has 71 valence electrons. The van der Waals surface area contributed by atoms with Gasteiger partial charge in [0.25, 0.3) is 0 Å². The summed E-state index contributed by atoms with van der Waals surface area (Å²) in [7, 11) is 0. The van der Waals surface area contributed by atoms with Gasteiger partial charge in [-0.3, -0.25) is 0 Å². The van der Waals surface area contributed by atoms with E-state index in [1.165, 1.54) is 44.9 Å². The van der Waals surface area contributed by atoms with E-state index in [0.29, 0.717) is 0 Å². The monoisotopic (exact) mass is 167 g/mol. The highest BCUT2D eigenvalue weighted by molar-refractivity contribution is 4.75. The maximum Gasteiger partial charge on any atom is -0.0303 e. The molecule has 0 aromatic carbocycles. The van der Waals surface area contributed by atoms with Crippen LogP contribution < -0.4 is 0 Å². The van der Waals surface area contributed by atoms with Gasteiger partial charge in [0.2, 0.25) is 0 Å². The van der Waals surface area contributed by atoms with Crippen molar-refractivity contribution >= 4 is 0 Å². The van der Waals surface area contributed by atoms with Crippen molar-refractivity contribution in [1.82, 2.24) is 0 Å². The number of hydrogen-bond donors (Lipinski definition) is 0. The van der Waals surface area contributed by atoms with Crippen LogP contribution in [0.15, 0.2) is 12.7 Å². The molecule has 0 rings (SSSR count). The van der Waals surface area contributed by atoms with Crippen molar-refractivity contribution in [2.24, 2.45) is 0 Å². The van der Waals surface area contributed by atoms with Crippen LogP contribution in [0.4, 0.5) is 0 Å². The van der Waals surface area contributed by atoms with E-state index in [1.807, 2.05) is 6.08 Å². The van der Waals surface area contributed by atoms with Gasteiger partial charge in [-0.1, -0.05) is 45.6 Å². The second-order valence-electron chi connectivity index (χ2n) is 3.80. The first-order chi connectivity index (χ1) is 5.77. The smallest absolute Gasteiger partial charge is 0.0303 e. The Kier molecular flexibility index (Phi) is 8.64. The lowest BCUT2D eigenvalue weighted by Gasteiger charge is -2.02. The molecule has 0 atom stereocenters. The summed E-state index contributed by atoms with van der Waals surface area (Å²) >= 11 is 0. The molecule has 0 aromatic heterocycles. The minimum Gasteiger partial charge on any atom is -0.103 e. The minimum absolute atomic E-state index is 1.19. The average molecular weight is 167 g/mol. The van der Waals surface area contributed by atoms with Crippen LogP contribution in [-0.2, 0) is 0 Å². The van der Waals surface area contributed by atoms with Gasteiger partial charge in [0, 0.05) is 0 Å². The highest BCUT2D eigenvalue weighted by Crippen LogP contribution is 2.12. The van der Waals surface area contributed by atoms with Gasteiger partial charge in [0.1, 0.15) is 0 Å². The van der Waals surface area contributed by atoms with E-state index in [4.69, 9.17) is 0 Å². The molecule has 12 heavy (non-hydrogen) atoms. The van der Waals surface area contributed by atoms with Crippen molar-refractivity contribution in [3.63, 3.8) is 0 Å². The van der Waals surface area contributed by atoms with Gasteiger partial charge >= 0.3 is 0 Å². The van der Waals surface area contributed by atoms with E-state index in [-0.39, 0.29) is 0 Å². The normalized spacial score (nSPS) is 10.6. The SMILES string of the molecule is C=CCCCCCCC[C](C)C. The number of rotatable bonds is 8. The zero-order chi connectivity index (χ0) is 9.23. The summed E-state index contributed by atoms with van der Waals surface area (Å²) in [6, 6.07) is 0. The first kappa shape index (κ1) is 11.7. The summed E-state index contributed by atoms with van der Waals surface area (Å²) in [6.07, 6.45) is 11.4. The molecular weight excluding hydrogens is 144 g/mol. The Balaban J connectivity index is 2.86. The molecule has 0 fully saturated rings. The van der Waals surface area contributed by atoms with Crippen molar-refractivity contribution in [3.8, 4) is 0 Å². The quantitative estimate of drug-likeness (QED) is 0.368. The molecule has 0 aromatic rings. The third-order valence-corrected chi connectivity index (χ3v) is 2.09. The predicted octanol–water partition coefficient (Wildman–Crippen LogP) is 4.52. The van der Waals surface area contributed by atoms with Crippen LogP contribution in [0.25, 0.3) is 0 Å². The molecule has 0 N–H and O–H groups in total. The van der Waals surface area contributed by atoms with Crippen LogP contribution in [0.3, 0.4) is 0 Å². The second kappa shape index (κ2) is 8.83. The average Bonchev–Trinajstić information content (AvgIpc) is 2.02. The van der Waals surface area contributed by atoms with Gasteiger partial charge in [-0.15, -0.1) is 6.58 Å². The molecule has 0 saturated heterocycles. The third kappa shape index (κ3) is 9.74. The van der Waals surface area contributed by atoms with Crippen molar-refractivity contribution < 1.29 is 0 Å². The van der Waals surface area contributed by atoms with Gasteiger partial charge in [0.15, 0.2) is 0 Å². The van der Waals surface area contributed by atoms with Crippen LogP contribution >= 0.6 is 0 Å². The van der Waals surface area contributed by atoms with Crippen LogP contribution in [-0.4, -0.2) is 0 Å². The molecule has 0 aliphatic rings. The molecule has 0 nitrogen and oxygen atoms in total. The molecule has 1 radical (unpaired) electrons. The van der Waals surface area contributed by atoms with Gasteiger partial charge in [-0.2, -0.15) is 0 Å². The standard InChI is InChI=1S/C12H23/c1-4-5-6-7-8-9-10-11-12(2)3/h4H,1,5-11H2,2-3H3. The van der Waals surface area contributed by atoms with Crippen molar-refractivity contribution in [2.75, 3.05) is 0 Å². The van der Waals surface area contributed by atoms with Crippen LogP contribution in [0.2, 0.25) is 0 Å². The molecule has 0 unspecified atom stereocenters. The summed E-state index contributed by atoms with van der Waals surface area (Å²) in [5.74, 6) is 1.57. The third-order valence-electron chi connectivity index (χ3n) is 2.09. The van der Waals surface area contributed by atoms with E-state index >= 15 is 0 Å². The molecule has 0 heteroatoms. The zero-order valence-electron chi connectivity index (χ0n) is 8.73. The first-order valence-corrected chi connectivity index (χ1v) is 5.17. The summed E-state index contributed by atoms with van der Waals surface area (Å²) in [5, 5.41) is 0. The summed E-state index contributed by atoms with van der Waals surface area (Å²) in [6.45, 7) is 8.15. The van der Waals surface area contributed by atoms with E-state index in [9.17, 15) is 0 Å². The van der Waals surface area contributed by atoms with Gasteiger partial charge in [-0.25, -0.2) is 0 Å².